The van der Waals surface area contributed by atoms with E-state index in [0.29, 0.717) is 17.4 Å². The van der Waals surface area contributed by atoms with Crippen molar-refractivity contribution in [1.29, 1.82) is 0 Å². The Hall–Kier alpha value is -1.57. The maximum Gasteiger partial charge on any atom is 0.239 e. The van der Waals surface area contributed by atoms with E-state index in [2.05, 4.69) is 16.0 Å². The number of thioether (sulfide) groups is 1. The van der Waals surface area contributed by atoms with Gasteiger partial charge in [-0.15, -0.1) is 11.8 Å². The molecule has 7 nitrogen and oxygen atoms in total. The van der Waals surface area contributed by atoms with E-state index in [1.54, 1.807) is 6.92 Å². The van der Waals surface area contributed by atoms with Crippen LogP contribution in [0.15, 0.2) is 0 Å². The molecule has 0 saturated carbocycles. The molecule has 0 unspecified atom stereocenters. The van der Waals surface area contributed by atoms with Crippen LogP contribution in [0.4, 0.5) is 0 Å². The number of carbonyl (C=O) groups excluding carboxylic acids is 4. The van der Waals surface area contributed by atoms with Gasteiger partial charge in [-0.3, -0.25) is 19.2 Å². The van der Waals surface area contributed by atoms with Crippen molar-refractivity contribution in [3.63, 3.8) is 0 Å². The third-order valence-electron chi connectivity index (χ3n) is 2.32. The average Bonchev–Trinajstić information content (AvgIpc) is 2.45. The number of nitrogens with one attached hydrogen (secondary N) is 3. The maximum absolute atomic E-state index is 11.4. The predicted octanol–water partition coefficient (Wildman–Crippen LogP) is -0.544. The van der Waals surface area contributed by atoms with Gasteiger partial charge >= 0.3 is 0 Å². The maximum atomic E-state index is 11.4. The Balaban J connectivity index is 3.72. The molecule has 3 amide bonds. The molecule has 0 aromatic rings. The molecule has 0 aromatic carbocycles. The Morgan fingerprint density at radius 2 is 1.33 bits per heavy atom. The molecule has 0 saturated heterocycles. The number of hydrogen-bond donors (Lipinski definition) is 3. The SMILES string of the molecule is CCC(=O)CNC(=O)CNC(=O)CNC(=O)CSC(C)C. The normalized spacial score (nSPS) is 10.1. The lowest BCUT2D eigenvalue weighted by atomic mass is 10.3. The fourth-order valence-corrected chi connectivity index (χ4v) is 1.69. The van der Waals surface area contributed by atoms with Crippen LogP contribution in [0.2, 0.25) is 0 Å². The largest absolute Gasteiger partial charge is 0.347 e. The topological polar surface area (TPSA) is 104 Å². The molecule has 8 heteroatoms. The van der Waals surface area contributed by atoms with Crippen molar-refractivity contribution < 1.29 is 19.2 Å². The predicted molar refractivity (Wildman–Crippen MR) is 81.9 cm³/mol. The monoisotopic (exact) mass is 317 g/mol. The summed E-state index contributed by atoms with van der Waals surface area (Å²) in [5, 5.41) is 7.56. The second-order valence-corrected chi connectivity index (χ2v) is 6.15. The van der Waals surface area contributed by atoms with Crippen LogP contribution in [0, 0.1) is 0 Å². The smallest absolute Gasteiger partial charge is 0.239 e. The Labute approximate surface area is 129 Å². The molecule has 0 bridgehead atoms. The lowest BCUT2D eigenvalue weighted by Crippen LogP contribution is -2.43. The highest BCUT2D eigenvalue weighted by Gasteiger charge is 2.09. The molecular formula is C13H23N3O4S. The van der Waals surface area contributed by atoms with Gasteiger partial charge in [0.25, 0.3) is 0 Å². The van der Waals surface area contributed by atoms with Gasteiger partial charge in [-0.1, -0.05) is 20.8 Å². The molecule has 0 atom stereocenters. The van der Waals surface area contributed by atoms with Crippen molar-refractivity contribution in [3.8, 4) is 0 Å². The van der Waals surface area contributed by atoms with Crippen molar-refractivity contribution in [1.82, 2.24) is 16.0 Å². The summed E-state index contributed by atoms with van der Waals surface area (Å²) in [5.41, 5.74) is 0. The highest BCUT2D eigenvalue weighted by Crippen LogP contribution is 2.07. The molecule has 0 radical (unpaired) electrons. The van der Waals surface area contributed by atoms with Crippen molar-refractivity contribution in [3.05, 3.63) is 0 Å². The molecule has 0 spiro atoms. The number of Topliss-reactive ketones (excluding diaryl/α,β-unsaturated/α-hetero) is 1. The fraction of sp³-hybridized carbons (Fsp3) is 0.692. The summed E-state index contributed by atoms with van der Waals surface area (Å²) in [7, 11) is 0. The van der Waals surface area contributed by atoms with Gasteiger partial charge in [0.05, 0.1) is 25.4 Å². The third kappa shape index (κ3) is 11.9. The number of rotatable bonds is 10. The zero-order valence-electron chi connectivity index (χ0n) is 12.7. The van der Waals surface area contributed by atoms with E-state index in [1.807, 2.05) is 13.8 Å². The molecule has 0 rings (SSSR count). The van der Waals surface area contributed by atoms with Crippen LogP contribution in [0.25, 0.3) is 0 Å². The average molecular weight is 317 g/mol. The van der Waals surface area contributed by atoms with Gasteiger partial charge in [-0.25, -0.2) is 0 Å². The van der Waals surface area contributed by atoms with E-state index in [-0.39, 0.29) is 31.3 Å². The summed E-state index contributed by atoms with van der Waals surface area (Å²) in [5.74, 6) is -0.891. The zero-order chi connectivity index (χ0) is 16.3. The van der Waals surface area contributed by atoms with Gasteiger partial charge in [0.1, 0.15) is 0 Å². The van der Waals surface area contributed by atoms with Crippen LogP contribution in [0.5, 0.6) is 0 Å². The van der Waals surface area contributed by atoms with Crippen LogP contribution >= 0.6 is 11.8 Å². The summed E-state index contributed by atoms with van der Waals surface area (Å²) < 4.78 is 0. The molecule has 120 valence electrons. The number of ketones is 1. The van der Waals surface area contributed by atoms with E-state index >= 15 is 0 Å². The Bertz CT molecular complexity index is 386. The first kappa shape index (κ1) is 19.4. The summed E-state index contributed by atoms with van der Waals surface area (Å²) in [6.45, 7) is 5.25. The molecule has 0 fully saturated rings. The van der Waals surface area contributed by atoms with Crippen LogP contribution in [-0.2, 0) is 19.2 Å². The van der Waals surface area contributed by atoms with E-state index in [9.17, 15) is 19.2 Å². The second kappa shape index (κ2) is 11.1. The number of hydrogen-bond acceptors (Lipinski definition) is 5. The summed E-state index contributed by atoms with van der Waals surface area (Å²) in [6.07, 6.45) is 0.354. The quantitative estimate of drug-likeness (QED) is 0.502. The molecule has 0 aliphatic heterocycles. The second-order valence-electron chi connectivity index (χ2n) is 4.58. The summed E-state index contributed by atoms with van der Waals surface area (Å²) in [4.78, 5) is 45.1. The number of carbonyl (C=O) groups is 4. The van der Waals surface area contributed by atoms with Gasteiger partial charge in [0.15, 0.2) is 5.78 Å². The Morgan fingerprint density at radius 3 is 1.81 bits per heavy atom. The van der Waals surface area contributed by atoms with Gasteiger partial charge < -0.3 is 16.0 Å². The van der Waals surface area contributed by atoms with Crippen LogP contribution in [-0.4, -0.2) is 54.1 Å². The molecular weight excluding hydrogens is 294 g/mol. The van der Waals surface area contributed by atoms with E-state index in [0.717, 1.165) is 0 Å². The van der Waals surface area contributed by atoms with Crippen molar-refractivity contribution >= 4 is 35.3 Å². The zero-order valence-corrected chi connectivity index (χ0v) is 13.5. The highest BCUT2D eigenvalue weighted by molar-refractivity contribution is 8.00. The number of amides is 3. The minimum atomic E-state index is -0.449. The molecule has 0 aliphatic rings. The highest BCUT2D eigenvalue weighted by atomic mass is 32.2. The van der Waals surface area contributed by atoms with Gasteiger partial charge in [0, 0.05) is 6.42 Å². The van der Waals surface area contributed by atoms with Crippen LogP contribution < -0.4 is 16.0 Å². The standard InChI is InChI=1S/C13H23N3O4S/c1-4-10(17)5-14-11(18)6-15-12(19)7-16-13(20)8-21-9(2)3/h9H,4-8H2,1-3H3,(H,14,18)(H,15,19)(H,16,20). The van der Waals surface area contributed by atoms with Crippen molar-refractivity contribution in [2.24, 2.45) is 0 Å². The summed E-state index contributed by atoms with van der Waals surface area (Å²) >= 11 is 1.48. The lowest BCUT2D eigenvalue weighted by molar-refractivity contribution is -0.128. The van der Waals surface area contributed by atoms with Crippen molar-refractivity contribution in [2.45, 2.75) is 32.4 Å². The molecule has 0 heterocycles. The molecule has 21 heavy (non-hydrogen) atoms. The Morgan fingerprint density at radius 1 is 0.857 bits per heavy atom. The van der Waals surface area contributed by atoms with Crippen molar-refractivity contribution in [2.75, 3.05) is 25.4 Å². The van der Waals surface area contributed by atoms with Gasteiger partial charge in [-0.05, 0) is 5.25 Å². The first-order valence-electron chi connectivity index (χ1n) is 6.78. The Kier molecular flexibility index (Phi) is 10.3. The van der Waals surface area contributed by atoms with E-state index in [1.165, 1.54) is 11.8 Å². The van der Waals surface area contributed by atoms with E-state index in [4.69, 9.17) is 0 Å². The molecule has 0 aromatic heterocycles. The fourth-order valence-electron chi connectivity index (χ4n) is 1.10. The molecule has 0 aliphatic carbocycles. The lowest BCUT2D eigenvalue weighted by Gasteiger charge is -2.08. The van der Waals surface area contributed by atoms with Crippen LogP contribution in [0.1, 0.15) is 27.2 Å². The van der Waals surface area contributed by atoms with Crippen LogP contribution in [0.3, 0.4) is 0 Å². The van der Waals surface area contributed by atoms with E-state index < -0.39 is 11.8 Å². The summed E-state index contributed by atoms with van der Waals surface area (Å²) in [6, 6.07) is 0. The first-order valence-corrected chi connectivity index (χ1v) is 7.83. The first-order chi connectivity index (χ1) is 9.85. The minimum absolute atomic E-state index is 0.0334. The third-order valence-corrected chi connectivity index (χ3v) is 3.41. The molecule has 3 N–H and O–H groups in total. The minimum Gasteiger partial charge on any atom is -0.347 e. The van der Waals surface area contributed by atoms with Gasteiger partial charge in [-0.2, -0.15) is 0 Å². The van der Waals surface area contributed by atoms with Gasteiger partial charge in [0.2, 0.25) is 17.7 Å².